The third kappa shape index (κ3) is 3.64. The van der Waals surface area contributed by atoms with Gasteiger partial charge in [0.25, 0.3) is 5.56 Å². The third-order valence-corrected chi connectivity index (χ3v) is 5.22. The van der Waals surface area contributed by atoms with Crippen LogP contribution in [0.2, 0.25) is 0 Å². The predicted octanol–water partition coefficient (Wildman–Crippen LogP) is 4.18. The Morgan fingerprint density at radius 2 is 1.80 bits per heavy atom. The normalized spacial score (nSPS) is 11.1. The molecule has 30 heavy (non-hydrogen) atoms. The second-order valence-corrected chi connectivity index (χ2v) is 7.40. The minimum Gasteiger partial charge on any atom is -0.311 e. The molecule has 4 rings (SSSR count). The highest BCUT2D eigenvalue weighted by Crippen LogP contribution is 2.25. The lowest BCUT2D eigenvalue weighted by atomic mass is 9.95. The second-order valence-electron chi connectivity index (χ2n) is 7.40. The van der Waals surface area contributed by atoms with Gasteiger partial charge in [-0.15, -0.1) is 0 Å². The highest BCUT2D eigenvalue weighted by molar-refractivity contribution is 5.99. The summed E-state index contributed by atoms with van der Waals surface area (Å²) in [5.41, 5.74) is 4.59. The van der Waals surface area contributed by atoms with Gasteiger partial charge in [0, 0.05) is 41.1 Å². The average Bonchev–Trinajstić information content (AvgIpc) is 2.73. The zero-order valence-electron chi connectivity index (χ0n) is 16.9. The molecular formula is C24H20FN3O2. The van der Waals surface area contributed by atoms with Gasteiger partial charge in [-0.1, -0.05) is 12.1 Å². The molecular weight excluding hydrogens is 381 g/mol. The molecule has 0 amide bonds. The molecule has 0 aliphatic rings. The summed E-state index contributed by atoms with van der Waals surface area (Å²) in [6.45, 7) is 3.79. The predicted molar refractivity (Wildman–Crippen MR) is 114 cm³/mol. The largest absolute Gasteiger partial charge is 0.311 e. The molecule has 0 aliphatic heterocycles. The number of aryl methyl sites for hydroxylation is 3. The summed E-state index contributed by atoms with van der Waals surface area (Å²) in [4.78, 5) is 34.1. The Kier molecular flexibility index (Phi) is 4.99. The summed E-state index contributed by atoms with van der Waals surface area (Å²) in [6, 6.07) is 11.8. The molecule has 3 heterocycles. The number of aromatic nitrogens is 3. The number of hydrogen-bond donors (Lipinski definition) is 0. The maximum absolute atomic E-state index is 13.1. The number of rotatable bonds is 4. The van der Waals surface area contributed by atoms with Crippen LogP contribution in [0.1, 0.15) is 27.3 Å². The van der Waals surface area contributed by atoms with Gasteiger partial charge in [-0.2, -0.15) is 0 Å². The van der Waals surface area contributed by atoms with Crippen LogP contribution in [0, 0.1) is 19.7 Å². The van der Waals surface area contributed by atoms with Gasteiger partial charge in [-0.05, 0) is 55.3 Å². The van der Waals surface area contributed by atoms with Crippen molar-refractivity contribution in [1.82, 2.24) is 14.5 Å². The SMILES string of the molecule is Cc1cc2c(cn1)cc(-c1cc(C(=O)Cc3ccc(F)cn3)ccc1C)c(=O)n2C. The lowest BCUT2D eigenvalue weighted by Gasteiger charge is -2.12. The molecule has 0 radical (unpaired) electrons. The molecule has 150 valence electrons. The fraction of sp³-hybridized carbons (Fsp3) is 0.167. The van der Waals surface area contributed by atoms with Crippen molar-refractivity contribution in [3.63, 3.8) is 0 Å². The van der Waals surface area contributed by atoms with Crippen LogP contribution in [-0.4, -0.2) is 20.3 Å². The van der Waals surface area contributed by atoms with E-state index in [0.29, 0.717) is 22.4 Å². The van der Waals surface area contributed by atoms with E-state index in [-0.39, 0.29) is 17.8 Å². The van der Waals surface area contributed by atoms with Crippen LogP contribution in [-0.2, 0) is 13.5 Å². The molecule has 6 heteroatoms. The maximum atomic E-state index is 13.1. The highest BCUT2D eigenvalue weighted by Gasteiger charge is 2.15. The van der Waals surface area contributed by atoms with Crippen molar-refractivity contribution >= 4 is 16.7 Å². The van der Waals surface area contributed by atoms with Crippen LogP contribution >= 0.6 is 0 Å². The van der Waals surface area contributed by atoms with Gasteiger partial charge in [-0.3, -0.25) is 19.6 Å². The van der Waals surface area contributed by atoms with Crippen molar-refractivity contribution in [2.24, 2.45) is 7.05 Å². The number of carbonyl (C=O) groups excluding carboxylic acids is 1. The van der Waals surface area contributed by atoms with Crippen molar-refractivity contribution in [1.29, 1.82) is 0 Å². The molecule has 5 nitrogen and oxygen atoms in total. The molecule has 0 unspecified atom stereocenters. The van der Waals surface area contributed by atoms with Gasteiger partial charge in [0.15, 0.2) is 5.78 Å². The quantitative estimate of drug-likeness (QED) is 0.481. The number of nitrogens with zero attached hydrogens (tertiary/aromatic N) is 3. The van der Waals surface area contributed by atoms with Crippen LogP contribution in [0.4, 0.5) is 4.39 Å². The molecule has 0 bridgehead atoms. The fourth-order valence-corrected chi connectivity index (χ4v) is 3.52. The van der Waals surface area contributed by atoms with Crippen LogP contribution in [0.15, 0.2) is 59.7 Å². The van der Waals surface area contributed by atoms with E-state index < -0.39 is 5.82 Å². The number of hydrogen-bond acceptors (Lipinski definition) is 4. The Morgan fingerprint density at radius 1 is 1.00 bits per heavy atom. The van der Waals surface area contributed by atoms with Crippen LogP contribution in [0.3, 0.4) is 0 Å². The second kappa shape index (κ2) is 7.63. The summed E-state index contributed by atoms with van der Waals surface area (Å²) >= 11 is 0. The third-order valence-electron chi connectivity index (χ3n) is 5.22. The minimum absolute atomic E-state index is 0.0573. The summed E-state index contributed by atoms with van der Waals surface area (Å²) in [6.07, 6.45) is 2.90. The van der Waals surface area contributed by atoms with Gasteiger partial charge >= 0.3 is 0 Å². The van der Waals surface area contributed by atoms with Crippen molar-refractivity contribution in [2.45, 2.75) is 20.3 Å². The zero-order valence-corrected chi connectivity index (χ0v) is 16.9. The Morgan fingerprint density at radius 3 is 2.53 bits per heavy atom. The molecule has 0 N–H and O–H groups in total. The number of Topliss-reactive ketones (excluding diaryl/α,β-unsaturated/α-hetero) is 1. The molecule has 0 saturated heterocycles. The lowest BCUT2D eigenvalue weighted by molar-refractivity contribution is 0.0992. The van der Waals surface area contributed by atoms with E-state index in [1.807, 2.05) is 32.0 Å². The fourth-order valence-electron chi connectivity index (χ4n) is 3.52. The number of pyridine rings is 3. The Balaban J connectivity index is 1.78. The van der Waals surface area contributed by atoms with Gasteiger partial charge in [0.1, 0.15) is 5.82 Å². The molecule has 0 saturated carbocycles. The van der Waals surface area contributed by atoms with Crippen molar-refractivity contribution in [2.75, 3.05) is 0 Å². The van der Waals surface area contributed by atoms with Crippen LogP contribution in [0.25, 0.3) is 22.0 Å². The monoisotopic (exact) mass is 401 g/mol. The van der Waals surface area contributed by atoms with E-state index in [1.54, 1.807) is 29.9 Å². The van der Waals surface area contributed by atoms with E-state index >= 15 is 0 Å². The van der Waals surface area contributed by atoms with Gasteiger partial charge in [0.2, 0.25) is 0 Å². The zero-order chi connectivity index (χ0) is 21.4. The van der Waals surface area contributed by atoms with Crippen molar-refractivity contribution in [3.8, 4) is 11.1 Å². The van der Waals surface area contributed by atoms with Gasteiger partial charge in [-0.25, -0.2) is 4.39 Å². The first kappa shape index (κ1) is 19.6. The van der Waals surface area contributed by atoms with E-state index in [1.165, 1.54) is 12.1 Å². The molecule has 4 aromatic rings. The van der Waals surface area contributed by atoms with Gasteiger partial charge < -0.3 is 4.57 Å². The van der Waals surface area contributed by atoms with Crippen LogP contribution < -0.4 is 5.56 Å². The Bertz CT molecular complexity index is 1340. The van der Waals surface area contributed by atoms with E-state index in [9.17, 15) is 14.0 Å². The Labute approximate surface area is 172 Å². The smallest absolute Gasteiger partial charge is 0.258 e. The van der Waals surface area contributed by atoms with E-state index in [2.05, 4.69) is 9.97 Å². The van der Waals surface area contributed by atoms with Crippen molar-refractivity contribution < 1.29 is 9.18 Å². The van der Waals surface area contributed by atoms with Crippen LogP contribution in [0.5, 0.6) is 0 Å². The first-order valence-electron chi connectivity index (χ1n) is 9.54. The number of carbonyl (C=O) groups is 1. The number of halogens is 1. The Hall–Kier alpha value is -3.67. The summed E-state index contributed by atoms with van der Waals surface area (Å²) in [5.74, 6) is -0.592. The first-order valence-corrected chi connectivity index (χ1v) is 9.54. The number of ketones is 1. The summed E-state index contributed by atoms with van der Waals surface area (Å²) in [7, 11) is 1.73. The maximum Gasteiger partial charge on any atom is 0.258 e. The molecule has 3 aromatic heterocycles. The molecule has 0 atom stereocenters. The van der Waals surface area contributed by atoms with E-state index in [4.69, 9.17) is 0 Å². The average molecular weight is 401 g/mol. The van der Waals surface area contributed by atoms with Crippen molar-refractivity contribution in [3.05, 3.63) is 93.5 Å². The van der Waals surface area contributed by atoms with Gasteiger partial charge in [0.05, 0.1) is 18.1 Å². The van der Waals surface area contributed by atoms with E-state index in [0.717, 1.165) is 28.4 Å². The topological polar surface area (TPSA) is 64.8 Å². The first-order chi connectivity index (χ1) is 14.3. The molecule has 0 fully saturated rings. The summed E-state index contributed by atoms with van der Waals surface area (Å²) < 4.78 is 14.7. The standard InChI is InChI=1S/C24H20FN3O2/c1-14-4-5-16(23(29)11-19-7-6-18(25)13-27-19)9-20(14)21-10-17-12-26-15(2)8-22(17)28(3)24(21)30/h4-10,12-13H,11H2,1-3H3. The highest BCUT2D eigenvalue weighted by atomic mass is 19.1. The molecule has 0 spiro atoms. The number of benzene rings is 1. The summed E-state index contributed by atoms with van der Waals surface area (Å²) in [5, 5.41) is 0.851. The molecule has 0 aliphatic carbocycles. The minimum atomic E-state index is -0.444. The molecule has 1 aromatic carbocycles. The lowest BCUT2D eigenvalue weighted by Crippen LogP contribution is -2.19. The number of fused-ring (bicyclic) bond motifs is 1.